The van der Waals surface area contributed by atoms with Gasteiger partial charge in [0.25, 0.3) is 0 Å². The molecule has 1 heterocycles. The molecule has 0 aliphatic carbocycles. The molecule has 0 saturated carbocycles. The topological polar surface area (TPSA) is 46.9 Å². The monoisotopic (exact) mass is 343 g/mol. The van der Waals surface area contributed by atoms with Crippen LogP contribution in [0.1, 0.15) is 5.56 Å². The van der Waals surface area contributed by atoms with E-state index in [0.29, 0.717) is 10.8 Å². The van der Waals surface area contributed by atoms with Gasteiger partial charge >= 0.3 is 0 Å². The Bertz CT molecular complexity index is 828. The minimum Gasteiger partial charge on any atom is -0.350 e. The highest BCUT2D eigenvalue weighted by Crippen LogP contribution is 2.19. The van der Waals surface area contributed by atoms with Gasteiger partial charge in [0.05, 0.1) is 0 Å². The van der Waals surface area contributed by atoms with Gasteiger partial charge < -0.3 is 9.88 Å². The van der Waals surface area contributed by atoms with Crippen LogP contribution in [0, 0.1) is 5.82 Å². The number of benzene rings is 2. The van der Waals surface area contributed by atoms with Gasteiger partial charge in [0, 0.05) is 35.1 Å². The highest BCUT2D eigenvalue weighted by molar-refractivity contribution is 6.31. The number of amides is 1. The quantitative estimate of drug-likeness (QED) is 0.768. The van der Waals surface area contributed by atoms with E-state index in [4.69, 9.17) is 11.6 Å². The van der Waals surface area contributed by atoms with E-state index in [1.807, 2.05) is 30.3 Å². The van der Waals surface area contributed by atoms with E-state index in [-0.39, 0.29) is 24.6 Å². The Morgan fingerprint density at radius 3 is 2.71 bits per heavy atom. The molecule has 1 N–H and O–H groups in total. The second-order valence-electron chi connectivity index (χ2n) is 5.22. The summed E-state index contributed by atoms with van der Waals surface area (Å²) in [5.74, 6) is 0.0228. The highest BCUT2D eigenvalue weighted by atomic mass is 35.5. The molecule has 6 heteroatoms. The number of aromatic nitrogens is 2. The Labute approximate surface area is 143 Å². The third-order valence-corrected chi connectivity index (χ3v) is 3.94. The van der Waals surface area contributed by atoms with Gasteiger partial charge in [0.15, 0.2) is 0 Å². The molecule has 0 fully saturated rings. The van der Waals surface area contributed by atoms with Gasteiger partial charge in [-0.05, 0) is 12.1 Å². The first-order valence-electron chi connectivity index (χ1n) is 7.41. The minimum absolute atomic E-state index is 0.0414. The highest BCUT2D eigenvalue weighted by Gasteiger charge is 2.11. The van der Waals surface area contributed by atoms with E-state index in [1.165, 1.54) is 12.1 Å². The lowest BCUT2D eigenvalue weighted by Crippen LogP contribution is -2.27. The lowest BCUT2D eigenvalue weighted by Gasteiger charge is -2.10. The molecular weight excluding hydrogens is 329 g/mol. The van der Waals surface area contributed by atoms with Crippen LogP contribution in [0.15, 0.2) is 60.9 Å². The Kier molecular flexibility index (Phi) is 4.91. The van der Waals surface area contributed by atoms with E-state index < -0.39 is 5.82 Å². The minimum atomic E-state index is -0.435. The zero-order valence-electron chi connectivity index (χ0n) is 12.7. The first-order chi connectivity index (χ1) is 11.6. The predicted octanol–water partition coefficient (Wildman–Crippen LogP) is 3.66. The molecule has 0 spiro atoms. The summed E-state index contributed by atoms with van der Waals surface area (Å²) in [5.41, 5.74) is 1.20. The van der Waals surface area contributed by atoms with Crippen LogP contribution in [-0.2, 0) is 17.9 Å². The summed E-state index contributed by atoms with van der Waals surface area (Å²) in [6.07, 6.45) is 3.38. The molecule has 0 bridgehead atoms. The van der Waals surface area contributed by atoms with Gasteiger partial charge in [-0.3, -0.25) is 4.79 Å². The van der Waals surface area contributed by atoms with Crippen molar-refractivity contribution in [2.75, 3.05) is 0 Å². The van der Waals surface area contributed by atoms with E-state index in [1.54, 1.807) is 23.0 Å². The number of halogens is 2. The van der Waals surface area contributed by atoms with Gasteiger partial charge in [-0.2, -0.15) is 0 Å². The van der Waals surface area contributed by atoms with E-state index in [2.05, 4.69) is 10.3 Å². The number of carbonyl (C=O) groups excluding carboxylic acids is 1. The second kappa shape index (κ2) is 7.27. The maximum Gasteiger partial charge on any atom is 0.240 e. The van der Waals surface area contributed by atoms with Gasteiger partial charge in [-0.1, -0.05) is 48.0 Å². The van der Waals surface area contributed by atoms with E-state index in [9.17, 15) is 9.18 Å². The number of nitrogens with one attached hydrogen (secondary N) is 1. The van der Waals surface area contributed by atoms with Gasteiger partial charge in [0.2, 0.25) is 5.91 Å². The smallest absolute Gasteiger partial charge is 0.240 e. The first-order valence-corrected chi connectivity index (χ1v) is 7.79. The van der Waals surface area contributed by atoms with Crippen LogP contribution in [0.4, 0.5) is 4.39 Å². The molecular formula is C18H15ClFN3O. The SMILES string of the molecule is O=C(Cn1ccnc1-c1ccccc1)NCc1c(F)cccc1Cl. The van der Waals surface area contributed by atoms with Crippen LogP contribution in [0.3, 0.4) is 0 Å². The second-order valence-corrected chi connectivity index (χ2v) is 5.63. The Morgan fingerprint density at radius 2 is 1.96 bits per heavy atom. The molecule has 1 amide bonds. The molecule has 3 aromatic rings. The van der Waals surface area contributed by atoms with Crippen molar-refractivity contribution in [3.8, 4) is 11.4 Å². The van der Waals surface area contributed by atoms with Crippen LogP contribution in [-0.4, -0.2) is 15.5 Å². The molecule has 0 atom stereocenters. The number of nitrogens with zero attached hydrogens (tertiary/aromatic N) is 2. The molecule has 0 aliphatic heterocycles. The Hall–Kier alpha value is -2.66. The fourth-order valence-electron chi connectivity index (χ4n) is 2.38. The molecule has 4 nitrogen and oxygen atoms in total. The largest absolute Gasteiger partial charge is 0.350 e. The van der Waals surface area contributed by atoms with Crippen LogP contribution >= 0.6 is 11.6 Å². The molecule has 1 aromatic heterocycles. The van der Waals surface area contributed by atoms with Crippen LogP contribution in [0.5, 0.6) is 0 Å². The molecule has 0 unspecified atom stereocenters. The van der Waals surface area contributed by atoms with Gasteiger partial charge in [0.1, 0.15) is 18.2 Å². The average Bonchev–Trinajstić information content (AvgIpc) is 3.03. The summed E-state index contributed by atoms with van der Waals surface area (Å²) < 4.78 is 15.5. The van der Waals surface area contributed by atoms with E-state index in [0.717, 1.165) is 5.56 Å². The van der Waals surface area contributed by atoms with Crippen LogP contribution < -0.4 is 5.32 Å². The van der Waals surface area contributed by atoms with Crippen molar-refractivity contribution in [1.29, 1.82) is 0 Å². The molecule has 122 valence electrons. The van der Waals surface area contributed by atoms with Crippen molar-refractivity contribution >= 4 is 17.5 Å². The van der Waals surface area contributed by atoms with Crippen LogP contribution in [0.25, 0.3) is 11.4 Å². The summed E-state index contributed by atoms with van der Waals surface area (Å²) in [6.45, 7) is 0.135. The molecule has 0 radical (unpaired) electrons. The molecule has 24 heavy (non-hydrogen) atoms. The standard InChI is InChI=1S/C18H15ClFN3O/c19-15-7-4-8-16(20)14(15)11-22-17(24)12-23-10-9-21-18(23)13-5-2-1-3-6-13/h1-10H,11-12H2,(H,22,24). The fraction of sp³-hybridized carbons (Fsp3) is 0.111. The van der Waals surface area contributed by atoms with Crippen molar-refractivity contribution in [2.24, 2.45) is 0 Å². The normalized spacial score (nSPS) is 10.6. The fourth-order valence-corrected chi connectivity index (χ4v) is 2.61. The van der Waals surface area contributed by atoms with Crippen molar-refractivity contribution in [2.45, 2.75) is 13.1 Å². The number of carbonyl (C=O) groups is 1. The zero-order valence-corrected chi connectivity index (χ0v) is 13.5. The number of hydrogen-bond donors (Lipinski definition) is 1. The lowest BCUT2D eigenvalue weighted by molar-refractivity contribution is -0.121. The lowest BCUT2D eigenvalue weighted by atomic mass is 10.2. The summed E-state index contributed by atoms with van der Waals surface area (Å²) in [5, 5.41) is 2.98. The van der Waals surface area contributed by atoms with Crippen molar-refractivity contribution in [3.63, 3.8) is 0 Å². The Balaban J connectivity index is 1.67. The number of rotatable bonds is 5. The van der Waals surface area contributed by atoms with Crippen molar-refractivity contribution in [1.82, 2.24) is 14.9 Å². The molecule has 0 aliphatic rings. The number of hydrogen-bond acceptors (Lipinski definition) is 2. The van der Waals surface area contributed by atoms with Crippen molar-refractivity contribution in [3.05, 3.63) is 77.3 Å². The summed E-state index contributed by atoms with van der Waals surface area (Å²) in [6, 6.07) is 14.0. The van der Waals surface area contributed by atoms with Crippen molar-refractivity contribution < 1.29 is 9.18 Å². The summed E-state index contributed by atoms with van der Waals surface area (Å²) >= 11 is 5.95. The van der Waals surface area contributed by atoms with E-state index >= 15 is 0 Å². The first kappa shape index (κ1) is 16.2. The van der Waals surface area contributed by atoms with Gasteiger partial charge in [-0.15, -0.1) is 0 Å². The third kappa shape index (κ3) is 3.63. The average molecular weight is 344 g/mol. The summed E-state index contributed by atoms with van der Waals surface area (Å²) in [7, 11) is 0. The Morgan fingerprint density at radius 1 is 1.17 bits per heavy atom. The van der Waals surface area contributed by atoms with Gasteiger partial charge in [-0.25, -0.2) is 9.37 Å². The number of imidazole rings is 1. The maximum atomic E-state index is 13.7. The summed E-state index contributed by atoms with van der Waals surface area (Å²) in [4.78, 5) is 16.5. The van der Waals surface area contributed by atoms with Crippen LogP contribution in [0.2, 0.25) is 5.02 Å². The molecule has 3 rings (SSSR count). The zero-order chi connectivity index (χ0) is 16.9. The molecule has 0 saturated heterocycles. The maximum absolute atomic E-state index is 13.7. The molecule has 2 aromatic carbocycles. The predicted molar refractivity (Wildman–Crippen MR) is 90.9 cm³/mol. The third-order valence-electron chi connectivity index (χ3n) is 3.59.